The van der Waals surface area contributed by atoms with Gasteiger partial charge in [0.05, 0.1) is 6.61 Å². The molecule has 2 aromatic rings. The molecule has 0 aliphatic heterocycles. The van der Waals surface area contributed by atoms with E-state index >= 15 is 0 Å². The number of aryl methyl sites for hydroxylation is 1. The van der Waals surface area contributed by atoms with E-state index in [9.17, 15) is 4.79 Å². The van der Waals surface area contributed by atoms with E-state index in [2.05, 4.69) is 26.6 Å². The monoisotopic (exact) mass is 376 g/mol. The summed E-state index contributed by atoms with van der Waals surface area (Å²) in [7, 11) is 0. The van der Waals surface area contributed by atoms with E-state index in [0.29, 0.717) is 19.7 Å². The third-order valence-corrected chi connectivity index (χ3v) is 3.73. The van der Waals surface area contributed by atoms with Crippen molar-refractivity contribution in [1.82, 2.24) is 10.6 Å². The molecule has 0 spiro atoms. The van der Waals surface area contributed by atoms with Gasteiger partial charge in [-0.15, -0.1) is 0 Å². The minimum Gasteiger partial charge on any atom is -0.494 e. The molecular formula is C18H21BrN2O2. The second kappa shape index (κ2) is 9.20. The lowest BCUT2D eigenvalue weighted by Crippen LogP contribution is -2.36. The van der Waals surface area contributed by atoms with Crippen molar-refractivity contribution < 1.29 is 9.53 Å². The molecule has 0 radical (unpaired) electrons. The Balaban J connectivity index is 1.57. The van der Waals surface area contributed by atoms with Gasteiger partial charge in [0.25, 0.3) is 0 Å². The number of ether oxygens (including phenoxy) is 1. The molecule has 0 unspecified atom stereocenters. The fourth-order valence-corrected chi connectivity index (χ4v) is 2.44. The van der Waals surface area contributed by atoms with Crippen LogP contribution in [-0.2, 0) is 6.54 Å². The summed E-state index contributed by atoms with van der Waals surface area (Å²) in [5, 5.41) is 5.65. The molecule has 23 heavy (non-hydrogen) atoms. The molecule has 122 valence electrons. The molecule has 0 atom stereocenters. The van der Waals surface area contributed by atoms with Gasteiger partial charge in [-0.05, 0) is 43.2 Å². The van der Waals surface area contributed by atoms with Crippen LogP contribution in [0, 0.1) is 6.92 Å². The van der Waals surface area contributed by atoms with Gasteiger partial charge in [0.1, 0.15) is 5.75 Å². The van der Waals surface area contributed by atoms with Gasteiger partial charge in [-0.1, -0.05) is 45.8 Å². The Morgan fingerprint density at radius 1 is 1.13 bits per heavy atom. The first-order chi connectivity index (χ1) is 11.1. The highest BCUT2D eigenvalue weighted by atomic mass is 79.9. The molecule has 0 aliphatic carbocycles. The number of urea groups is 1. The van der Waals surface area contributed by atoms with E-state index in [4.69, 9.17) is 4.74 Å². The van der Waals surface area contributed by atoms with Crippen LogP contribution >= 0.6 is 15.9 Å². The van der Waals surface area contributed by atoms with E-state index in [0.717, 1.165) is 22.2 Å². The standard InChI is InChI=1S/C18H21BrN2O2/c1-14-6-8-17(9-7-14)23-11-3-10-20-18(22)21-13-15-4-2-5-16(19)12-15/h2,4-9,12H,3,10-11,13H2,1H3,(H2,20,21,22). The van der Waals surface area contributed by atoms with Crippen LogP contribution in [-0.4, -0.2) is 19.2 Å². The highest BCUT2D eigenvalue weighted by Crippen LogP contribution is 2.12. The summed E-state index contributed by atoms with van der Waals surface area (Å²) in [5.41, 5.74) is 2.26. The average molecular weight is 377 g/mol. The summed E-state index contributed by atoms with van der Waals surface area (Å²) in [6, 6.07) is 15.6. The predicted molar refractivity (Wildman–Crippen MR) is 95.7 cm³/mol. The first-order valence-corrected chi connectivity index (χ1v) is 8.38. The summed E-state index contributed by atoms with van der Waals surface area (Å²) in [4.78, 5) is 11.7. The fourth-order valence-electron chi connectivity index (χ4n) is 1.99. The minimum absolute atomic E-state index is 0.166. The molecular weight excluding hydrogens is 356 g/mol. The van der Waals surface area contributed by atoms with Crippen LogP contribution in [0.2, 0.25) is 0 Å². The molecule has 0 heterocycles. The Hall–Kier alpha value is -2.01. The number of rotatable bonds is 7. The predicted octanol–water partition coefficient (Wildman–Crippen LogP) is 4.03. The number of hydrogen-bond donors (Lipinski definition) is 2. The first-order valence-electron chi connectivity index (χ1n) is 7.59. The summed E-state index contributed by atoms with van der Waals surface area (Å²) in [6.45, 7) is 3.71. The van der Waals surface area contributed by atoms with Gasteiger partial charge in [-0.3, -0.25) is 0 Å². The van der Waals surface area contributed by atoms with E-state index in [-0.39, 0.29) is 6.03 Å². The van der Waals surface area contributed by atoms with Gasteiger partial charge in [-0.25, -0.2) is 4.79 Å². The van der Waals surface area contributed by atoms with Crippen LogP contribution in [0.1, 0.15) is 17.5 Å². The number of halogens is 1. The zero-order valence-corrected chi connectivity index (χ0v) is 14.7. The number of carbonyl (C=O) groups is 1. The molecule has 2 amide bonds. The number of nitrogens with one attached hydrogen (secondary N) is 2. The van der Waals surface area contributed by atoms with Crippen molar-refractivity contribution in [2.75, 3.05) is 13.2 Å². The molecule has 4 nitrogen and oxygen atoms in total. The van der Waals surface area contributed by atoms with E-state index in [1.165, 1.54) is 5.56 Å². The zero-order chi connectivity index (χ0) is 16.5. The first kappa shape index (κ1) is 17.3. The SMILES string of the molecule is Cc1ccc(OCCCNC(=O)NCc2cccc(Br)c2)cc1. The van der Waals surface area contributed by atoms with E-state index in [1.807, 2.05) is 55.5 Å². The molecule has 0 fully saturated rings. The summed E-state index contributed by atoms with van der Waals surface area (Å²) >= 11 is 3.41. The van der Waals surface area contributed by atoms with Crippen molar-refractivity contribution in [3.63, 3.8) is 0 Å². The second-order valence-corrected chi connectivity index (χ2v) is 6.17. The molecule has 0 bridgehead atoms. The molecule has 5 heteroatoms. The van der Waals surface area contributed by atoms with Crippen LogP contribution < -0.4 is 15.4 Å². The van der Waals surface area contributed by atoms with Gasteiger partial charge < -0.3 is 15.4 Å². The normalized spacial score (nSPS) is 10.2. The number of carbonyl (C=O) groups excluding carboxylic acids is 1. The molecule has 2 aromatic carbocycles. The largest absolute Gasteiger partial charge is 0.494 e. The number of amides is 2. The van der Waals surface area contributed by atoms with Gasteiger partial charge in [0, 0.05) is 17.6 Å². The third kappa shape index (κ3) is 6.74. The quantitative estimate of drug-likeness (QED) is 0.716. The van der Waals surface area contributed by atoms with Crippen LogP contribution in [0.15, 0.2) is 53.0 Å². The Morgan fingerprint density at radius 2 is 1.91 bits per heavy atom. The number of hydrogen-bond acceptors (Lipinski definition) is 2. The van der Waals surface area contributed by atoms with Crippen molar-refractivity contribution in [2.45, 2.75) is 19.9 Å². The maximum absolute atomic E-state index is 11.7. The fraction of sp³-hybridized carbons (Fsp3) is 0.278. The Kier molecular flexibility index (Phi) is 6.94. The van der Waals surface area contributed by atoms with Gasteiger partial charge in [-0.2, -0.15) is 0 Å². The Labute approximate surface area is 145 Å². The summed E-state index contributed by atoms with van der Waals surface area (Å²) in [5.74, 6) is 0.856. The number of benzene rings is 2. The lowest BCUT2D eigenvalue weighted by atomic mass is 10.2. The van der Waals surface area contributed by atoms with Crippen molar-refractivity contribution >= 4 is 22.0 Å². The molecule has 0 saturated heterocycles. The lowest BCUT2D eigenvalue weighted by molar-refractivity contribution is 0.238. The van der Waals surface area contributed by atoms with E-state index < -0.39 is 0 Å². The lowest BCUT2D eigenvalue weighted by Gasteiger charge is -2.09. The van der Waals surface area contributed by atoms with Crippen LogP contribution in [0.4, 0.5) is 4.79 Å². The Bertz CT molecular complexity index is 629. The van der Waals surface area contributed by atoms with Crippen molar-refractivity contribution in [3.05, 3.63) is 64.1 Å². The molecule has 0 aliphatic rings. The van der Waals surface area contributed by atoms with Crippen LogP contribution in [0.3, 0.4) is 0 Å². The smallest absolute Gasteiger partial charge is 0.315 e. The highest BCUT2D eigenvalue weighted by molar-refractivity contribution is 9.10. The van der Waals surface area contributed by atoms with Crippen molar-refractivity contribution in [2.24, 2.45) is 0 Å². The minimum atomic E-state index is -0.166. The van der Waals surface area contributed by atoms with Gasteiger partial charge in [0.2, 0.25) is 0 Å². The highest BCUT2D eigenvalue weighted by Gasteiger charge is 2.00. The van der Waals surface area contributed by atoms with Crippen molar-refractivity contribution in [3.8, 4) is 5.75 Å². The molecule has 2 N–H and O–H groups in total. The van der Waals surface area contributed by atoms with Crippen molar-refractivity contribution in [1.29, 1.82) is 0 Å². The van der Waals surface area contributed by atoms with Gasteiger partial charge >= 0.3 is 6.03 Å². The van der Waals surface area contributed by atoms with Crippen LogP contribution in [0.25, 0.3) is 0 Å². The van der Waals surface area contributed by atoms with E-state index in [1.54, 1.807) is 0 Å². The Morgan fingerprint density at radius 3 is 2.65 bits per heavy atom. The zero-order valence-electron chi connectivity index (χ0n) is 13.1. The maximum atomic E-state index is 11.7. The maximum Gasteiger partial charge on any atom is 0.315 e. The average Bonchev–Trinajstić information content (AvgIpc) is 2.54. The van der Waals surface area contributed by atoms with Crippen LogP contribution in [0.5, 0.6) is 5.75 Å². The molecule has 2 rings (SSSR count). The topological polar surface area (TPSA) is 50.4 Å². The summed E-state index contributed by atoms with van der Waals surface area (Å²) in [6.07, 6.45) is 0.762. The molecule has 0 aromatic heterocycles. The third-order valence-electron chi connectivity index (χ3n) is 3.24. The van der Waals surface area contributed by atoms with Gasteiger partial charge in [0.15, 0.2) is 0 Å². The summed E-state index contributed by atoms with van der Waals surface area (Å²) < 4.78 is 6.61. The second-order valence-electron chi connectivity index (χ2n) is 5.25. The molecule has 0 saturated carbocycles.